The quantitative estimate of drug-likeness (QED) is 0.839. The number of anilines is 1. The zero-order valence-electron chi connectivity index (χ0n) is 8.33. The molecule has 4 nitrogen and oxygen atoms in total. The van der Waals surface area contributed by atoms with E-state index in [1.54, 1.807) is 6.20 Å². The fourth-order valence-electron chi connectivity index (χ4n) is 1.64. The minimum Gasteiger partial charge on any atom is -0.392 e. The number of carbonyl (C=O) groups is 1. The van der Waals surface area contributed by atoms with Gasteiger partial charge in [-0.3, -0.25) is 4.79 Å². The summed E-state index contributed by atoms with van der Waals surface area (Å²) in [5.41, 5.74) is 4.99. The van der Waals surface area contributed by atoms with E-state index in [4.69, 9.17) is 18.0 Å². The van der Waals surface area contributed by atoms with Gasteiger partial charge in [-0.25, -0.2) is 4.98 Å². The fourth-order valence-corrected chi connectivity index (χ4v) is 3.04. The fraction of sp³-hybridized carbons (Fsp3) is 0.444. The Kier molecular flexibility index (Phi) is 3.27. The lowest BCUT2D eigenvalue weighted by Gasteiger charge is -2.38. The van der Waals surface area contributed by atoms with E-state index in [-0.39, 0.29) is 10.9 Å². The molecular formula is C9H10BrN3OS2. The summed E-state index contributed by atoms with van der Waals surface area (Å²) in [4.78, 5) is 16.4. The lowest BCUT2D eigenvalue weighted by Crippen LogP contribution is -2.50. The molecule has 1 aromatic rings. The van der Waals surface area contributed by atoms with Gasteiger partial charge < -0.3 is 11.1 Å². The van der Waals surface area contributed by atoms with Crippen LogP contribution in [-0.2, 0) is 4.79 Å². The van der Waals surface area contributed by atoms with Crippen molar-refractivity contribution >= 4 is 55.5 Å². The van der Waals surface area contributed by atoms with Crippen molar-refractivity contribution in [3.05, 3.63) is 9.98 Å². The van der Waals surface area contributed by atoms with E-state index in [0.717, 1.165) is 23.0 Å². The van der Waals surface area contributed by atoms with Crippen molar-refractivity contribution in [3.8, 4) is 0 Å². The Morgan fingerprint density at radius 3 is 2.75 bits per heavy atom. The zero-order valence-corrected chi connectivity index (χ0v) is 11.5. The Morgan fingerprint density at radius 1 is 1.69 bits per heavy atom. The Morgan fingerprint density at radius 2 is 2.38 bits per heavy atom. The lowest BCUT2D eigenvalue weighted by atomic mass is 9.68. The number of halogens is 1. The van der Waals surface area contributed by atoms with Crippen molar-refractivity contribution in [2.24, 2.45) is 11.1 Å². The molecule has 1 saturated carbocycles. The van der Waals surface area contributed by atoms with Crippen LogP contribution in [0.1, 0.15) is 19.3 Å². The van der Waals surface area contributed by atoms with E-state index in [1.165, 1.54) is 11.3 Å². The lowest BCUT2D eigenvalue weighted by molar-refractivity contribution is -0.125. The first kappa shape index (κ1) is 11.9. The largest absolute Gasteiger partial charge is 0.392 e. The number of thiocarbonyl (C=S) groups is 1. The molecule has 2 rings (SSSR count). The van der Waals surface area contributed by atoms with Crippen LogP contribution in [0.3, 0.4) is 0 Å². The maximum Gasteiger partial charge on any atom is 0.239 e. The first-order chi connectivity index (χ1) is 7.54. The average molecular weight is 320 g/mol. The van der Waals surface area contributed by atoms with Gasteiger partial charge in [0.1, 0.15) is 0 Å². The molecule has 1 heterocycles. The Hall–Kier alpha value is -0.530. The summed E-state index contributed by atoms with van der Waals surface area (Å²) >= 11 is 9.62. The molecular weight excluding hydrogens is 310 g/mol. The molecule has 1 amide bonds. The van der Waals surface area contributed by atoms with Crippen LogP contribution in [0.15, 0.2) is 9.98 Å². The van der Waals surface area contributed by atoms with E-state index in [0.29, 0.717) is 5.13 Å². The highest BCUT2D eigenvalue weighted by Crippen LogP contribution is 2.42. The SMILES string of the molecule is NC(=S)C1(C(=O)Nc2ncc(Br)s2)CCC1. The van der Waals surface area contributed by atoms with Gasteiger partial charge >= 0.3 is 0 Å². The molecule has 0 spiro atoms. The Labute approximate surface area is 111 Å². The molecule has 3 N–H and O–H groups in total. The number of nitrogens with zero attached hydrogens (tertiary/aromatic N) is 1. The summed E-state index contributed by atoms with van der Waals surface area (Å²) in [6.45, 7) is 0. The average Bonchev–Trinajstić information content (AvgIpc) is 2.47. The second-order valence-corrected chi connectivity index (χ2v) is 6.57. The van der Waals surface area contributed by atoms with Gasteiger partial charge in [0.15, 0.2) is 5.13 Å². The number of aromatic nitrogens is 1. The topological polar surface area (TPSA) is 68.0 Å². The molecule has 0 aliphatic heterocycles. The number of nitrogens with one attached hydrogen (secondary N) is 1. The number of carbonyl (C=O) groups excluding carboxylic acids is 1. The minimum absolute atomic E-state index is 0.131. The molecule has 0 bridgehead atoms. The van der Waals surface area contributed by atoms with Gasteiger partial charge in [-0.1, -0.05) is 30.0 Å². The number of nitrogens with two attached hydrogens (primary N) is 1. The third-order valence-corrected chi connectivity index (χ3v) is 4.59. The highest BCUT2D eigenvalue weighted by molar-refractivity contribution is 9.11. The minimum atomic E-state index is -0.645. The van der Waals surface area contributed by atoms with Crippen molar-refractivity contribution in [2.45, 2.75) is 19.3 Å². The van der Waals surface area contributed by atoms with Gasteiger partial charge in [0, 0.05) is 0 Å². The highest BCUT2D eigenvalue weighted by Gasteiger charge is 2.47. The van der Waals surface area contributed by atoms with Crippen LogP contribution < -0.4 is 11.1 Å². The van der Waals surface area contributed by atoms with Crippen LogP contribution in [0.5, 0.6) is 0 Å². The maximum atomic E-state index is 12.0. The van der Waals surface area contributed by atoms with E-state index in [2.05, 4.69) is 26.2 Å². The Balaban J connectivity index is 2.10. The van der Waals surface area contributed by atoms with Crippen LogP contribution in [0.2, 0.25) is 0 Å². The predicted molar refractivity (Wildman–Crippen MR) is 71.5 cm³/mol. The molecule has 0 atom stereocenters. The maximum absolute atomic E-state index is 12.0. The summed E-state index contributed by atoms with van der Waals surface area (Å²) in [6.07, 6.45) is 4.11. The Bertz CT molecular complexity index is 442. The molecule has 7 heteroatoms. The summed E-state index contributed by atoms with van der Waals surface area (Å²) < 4.78 is 0.876. The van der Waals surface area contributed by atoms with Crippen LogP contribution in [0.25, 0.3) is 0 Å². The standard InChI is InChI=1S/C9H10BrN3OS2/c10-5-4-12-8(16-5)13-7(14)9(6(11)15)2-1-3-9/h4H,1-3H2,(H2,11,15)(H,12,13,14). The monoisotopic (exact) mass is 319 g/mol. The van der Waals surface area contributed by atoms with Gasteiger partial charge in [0.25, 0.3) is 0 Å². The van der Waals surface area contributed by atoms with Gasteiger partial charge in [-0.05, 0) is 28.8 Å². The molecule has 1 aliphatic rings. The van der Waals surface area contributed by atoms with Crippen LogP contribution >= 0.6 is 39.5 Å². The molecule has 1 aliphatic carbocycles. The molecule has 0 radical (unpaired) electrons. The number of hydrogen-bond donors (Lipinski definition) is 2. The van der Waals surface area contributed by atoms with Crippen molar-refractivity contribution in [1.82, 2.24) is 4.98 Å². The van der Waals surface area contributed by atoms with E-state index in [1.807, 2.05) is 0 Å². The third-order valence-electron chi connectivity index (χ3n) is 2.81. The summed E-state index contributed by atoms with van der Waals surface area (Å²) in [6, 6.07) is 0. The second-order valence-electron chi connectivity index (χ2n) is 3.72. The second kappa shape index (κ2) is 4.38. The molecule has 0 aromatic carbocycles. The summed E-state index contributed by atoms with van der Waals surface area (Å²) in [7, 11) is 0. The molecule has 0 saturated heterocycles. The van der Waals surface area contributed by atoms with Gasteiger partial charge in [-0.2, -0.15) is 0 Å². The van der Waals surface area contributed by atoms with Gasteiger partial charge in [-0.15, -0.1) is 0 Å². The zero-order chi connectivity index (χ0) is 11.8. The molecule has 16 heavy (non-hydrogen) atoms. The van der Waals surface area contributed by atoms with Crippen molar-refractivity contribution in [2.75, 3.05) is 5.32 Å². The molecule has 1 fully saturated rings. The van der Waals surface area contributed by atoms with Crippen LogP contribution in [-0.4, -0.2) is 15.9 Å². The number of rotatable bonds is 3. The molecule has 1 aromatic heterocycles. The molecule has 86 valence electrons. The van der Waals surface area contributed by atoms with E-state index in [9.17, 15) is 4.79 Å². The number of hydrogen-bond acceptors (Lipinski definition) is 4. The number of amides is 1. The predicted octanol–water partition coefficient (Wildman–Crippen LogP) is 2.30. The van der Waals surface area contributed by atoms with Gasteiger partial charge in [0.05, 0.1) is 20.4 Å². The summed E-state index contributed by atoms with van der Waals surface area (Å²) in [5, 5.41) is 3.33. The first-order valence-electron chi connectivity index (χ1n) is 4.77. The van der Waals surface area contributed by atoms with E-state index < -0.39 is 5.41 Å². The van der Waals surface area contributed by atoms with E-state index >= 15 is 0 Å². The van der Waals surface area contributed by atoms with Crippen molar-refractivity contribution in [1.29, 1.82) is 0 Å². The van der Waals surface area contributed by atoms with Gasteiger partial charge in [0.2, 0.25) is 5.91 Å². The molecule has 0 unspecified atom stereocenters. The van der Waals surface area contributed by atoms with Crippen LogP contribution in [0.4, 0.5) is 5.13 Å². The number of thiazole rings is 1. The third kappa shape index (κ3) is 1.99. The highest BCUT2D eigenvalue weighted by atomic mass is 79.9. The normalized spacial score (nSPS) is 17.6. The van der Waals surface area contributed by atoms with Crippen molar-refractivity contribution in [3.63, 3.8) is 0 Å². The smallest absolute Gasteiger partial charge is 0.239 e. The summed E-state index contributed by atoms with van der Waals surface area (Å²) in [5.74, 6) is -0.131. The van der Waals surface area contributed by atoms with Crippen molar-refractivity contribution < 1.29 is 4.79 Å². The van der Waals surface area contributed by atoms with Crippen LogP contribution in [0, 0.1) is 5.41 Å². The first-order valence-corrected chi connectivity index (χ1v) is 6.79.